The van der Waals surface area contributed by atoms with Gasteiger partial charge in [0.05, 0.1) is 18.3 Å². The summed E-state index contributed by atoms with van der Waals surface area (Å²) in [5.74, 6) is 0.758. The van der Waals surface area contributed by atoms with Crippen molar-refractivity contribution in [2.75, 3.05) is 7.11 Å². The number of methoxy groups -OCH3 is 1. The number of benzene rings is 2. The fraction of sp³-hybridized carbons (Fsp3) is 0.0667. The summed E-state index contributed by atoms with van der Waals surface area (Å²) >= 11 is 3.41. The van der Waals surface area contributed by atoms with Crippen LogP contribution in [0.4, 0.5) is 11.4 Å². The maximum absolute atomic E-state index is 9.94. The van der Waals surface area contributed by atoms with Crippen LogP contribution in [0.2, 0.25) is 0 Å². The second-order valence-corrected chi connectivity index (χ2v) is 5.33. The van der Waals surface area contributed by atoms with Gasteiger partial charge in [0, 0.05) is 9.86 Å². The van der Waals surface area contributed by atoms with Crippen LogP contribution in [0.25, 0.3) is 10.9 Å². The van der Waals surface area contributed by atoms with E-state index in [2.05, 4.69) is 31.1 Å². The summed E-state index contributed by atoms with van der Waals surface area (Å²) in [6, 6.07) is 12.8. The van der Waals surface area contributed by atoms with Crippen LogP contribution in [0.1, 0.15) is 0 Å². The molecule has 6 heteroatoms. The van der Waals surface area contributed by atoms with E-state index in [1.165, 1.54) is 0 Å². The van der Waals surface area contributed by atoms with E-state index in [-0.39, 0.29) is 5.88 Å². The van der Waals surface area contributed by atoms with Crippen molar-refractivity contribution in [2.24, 2.45) is 10.2 Å². The lowest BCUT2D eigenvalue weighted by Crippen LogP contribution is -1.79. The highest BCUT2D eigenvalue weighted by atomic mass is 79.9. The first-order valence-electron chi connectivity index (χ1n) is 6.23. The number of aromatic amines is 1. The summed E-state index contributed by atoms with van der Waals surface area (Å²) < 4.78 is 6.00. The molecule has 106 valence electrons. The Hall–Kier alpha value is -2.34. The number of rotatable bonds is 3. The van der Waals surface area contributed by atoms with E-state index in [1.54, 1.807) is 31.4 Å². The maximum Gasteiger partial charge on any atom is 0.218 e. The molecule has 0 aliphatic carbocycles. The van der Waals surface area contributed by atoms with Crippen LogP contribution in [0.15, 0.2) is 57.2 Å². The molecule has 21 heavy (non-hydrogen) atoms. The first kappa shape index (κ1) is 13.6. The first-order valence-corrected chi connectivity index (χ1v) is 7.02. The number of fused-ring (bicyclic) bond motifs is 1. The molecule has 2 aromatic carbocycles. The van der Waals surface area contributed by atoms with Gasteiger partial charge in [-0.1, -0.05) is 15.9 Å². The van der Waals surface area contributed by atoms with E-state index >= 15 is 0 Å². The van der Waals surface area contributed by atoms with Crippen LogP contribution in [-0.2, 0) is 0 Å². The normalized spacial score (nSPS) is 11.3. The standard InChI is InChI=1S/C15H12BrN3O2/c1-21-11-5-3-10(4-6-11)18-19-14-12-8-9(16)2-7-13(12)17-15(14)20/h2-8,17,20H,1H3. The van der Waals surface area contributed by atoms with Crippen LogP contribution in [0.3, 0.4) is 0 Å². The molecule has 0 spiro atoms. The summed E-state index contributed by atoms with van der Waals surface area (Å²) in [6.07, 6.45) is 0. The first-order chi connectivity index (χ1) is 10.2. The smallest absolute Gasteiger partial charge is 0.218 e. The zero-order valence-electron chi connectivity index (χ0n) is 11.2. The molecule has 3 rings (SSSR count). The zero-order valence-corrected chi connectivity index (χ0v) is 12.8. The lowest BCUT2D eigenvalue weighted by molar-refractivity contribution is 0.415. The van der Waals surface area contributed by atoms with E-state index in [1.807, 2.05) is 18.2 Å². The van der Waals surface area contributed by atoms with Crippen molar-refractivity contribution in [3.63, 3.8) is 0 Å². The van der Waals surface area contributed by atoms with E-state index in [0.717, 1.165) is 21.1 Å². The van der Waals surface area contributed by atoms with Crippen LogP contribution in [0, 0.1) is 0 Å². The summed E-state index contributed by atoms with van der Waals surface area (Å²) in [6.45, 7) is 0. The average Bonchev–Trinajstić information content (AvgIpc) is 2.80. The lowest BCUT2D eigenvalue weighted by Gasteiger charge is -1.98. The van der Waals surface area contributed by atoms with Crippen LogP contribution >= 0.6 is 15.9 Å². The molecule has 0 unspecified atom stereocenters. The molecule has 0 atom stereocenters. The molecule has 0 aliphatic rings. The van der Waals surface area contributed by atoms with Gasteiger partial charge in [-0.15, -0.1) is 5.11 Å². The Balaban J connectivity index is 1.98. The summed E-state index contributed by atoms with van der Waals surface area (Å²) in [5, 5.41) is 19.0. The molecule has 2 N–H and O–H groups in total. The number of nitrogens with zero attached hydrogens (tertiary/aromatic N) is 2. The molecule has 1 aromatic heterocycles. The molecule has 0 radical (unpaired) electrons. The molecule has 0 fully saturated rings. The number of halogens is 1. The molecule has 5 nitrogen and oxygen atoms in total. The number of azo groups is 1. The summed E-state index contributed by atoms with van der Waals surface area (Å²) in [7, 11) is 1.61. The Morgan fingerprint density at radius 3 is 2.57 bits per heavy atom. The van der Waals surface area contributed by atoms with Gasteiger partial charge in [-0.05, 0) is 42.5 Å². The topological polar surface area (TPSA) is 70.0 Å². The fourth-order valence-electron chi connectivity index (χ4n) is 1.99. The highest BCUT2D eigenvalue weighted by Crippen LogP contribution is 2.37. The highest BCUT2D eigenvalue weighted by Gasteiger charge is 2.10. The largest absolute Gasteiger partial charge is 0.497 e. The maximum atomic E-state index is 9.94. The summed E-state index contributed by atoms with van der Waals surface area (Å²) in [5.41, 5.74) is 1.90. The molecule has 0 bridgehead atoms. The van der Waals surface area contributed by atoms with Gasteiger partial charge >= 0.3 is 0 Å². The van der Waals surface area contributed by atoms with E-state index < -0.39 is 0 Å². The fourth-order valence-corrected chi connectivity index (χ4v) is 2.35. The van der Waals surface area contributed by atoms with Gasteiger partial charge < -0.3 is 14.8 Å². The lowest BCUT2D eigenvalue weighted by atomic mass is 10.2. The van der Waals surface area contributed by atoms with Gasteiger partial charge in [0.15, 0.2) is 5.69 Å². The number of aromatic hydroxyl groups is 1. The van der Waals surface area contributed by atoms with Gasteiger partial charge in [-0.2, -0.15) is 5.11 Å². The second kappa shape index (κ2) is 5.57. The zero-order chi connectivity index (χ0) is 14.8. The molecule has 0 saturated carbocycles. The molecule has 0 aliphatic heterocycles. The predicted molar refractivity (Wildman–Crippen MR) is 84.8 cm³/mol. The van der Waals surface area contributed by atoms with E-state index in [9.17, 15) is 5.11 Å². The minimum atomic E-state index is 0.000335. The molecule has 0 amide bonds. The molecule has 1 heterocycles. The van der Waals surface area contributed by atoms with Crippen molar-refractivity contribution < 1.29 is 9.84 Å². The van der Waals surface area contributed by atoms with Crippen LogP contribution in [-0.4, -0.2) is 17.2 Å². The van der Waals surface area contributed by atoms with Crippen LogP contribution < -0.4 is 4.74 Å². The Bertz CT molecular complexity index is 810. The van der Waals surface area contributed by atoms with E-state index in [0.29, 0.717) is 11.4 Å². The predicted octanol–water partition coefficient (Wildman–Crippen LogP) is 5.06. The number of ether oxygens (including phenoxy) is 1. The summed E-state index contributed by atoms with van der Waals surface area (Å²) in [4.78, 5) is 2.87. The van der Waals surface area contributed by atoms with Crippen molar-refractivity contribution in [1.29, 1.82) is 0 Å². The number of aromatic nitrogens is 1. The van der Waals surface area contributed by atoms with Crippen LogP contribution in [0.5, 0.6) is 11.6 Å². The van der Waals surface area contributed by atoms with Crippen molar-refractivity contribution in [1.82, 2.24) is 4.98 Å². The van der Waals surface area contributed by atoms with Crippen molar-refractivity contribution in [3.05, 3.63) is 46.9 Å². The van der Waals surface area contributed by atoms with Gasteiger partial charge in [-0.3, -0.25) is 0 Å². The van der Waals surface area contributed by atoms with Crippen molar-refractivity contribution in [3.8, 4) is 11.6 Å². The minimum Gasteiger partial charge on any atom is -0.497 e. The second-order valence-electron chi connectivity index (χ2n) is 4.41. The Morgan fingerprint density at radius 1 is 1.10 bits per heavy atom. The van der Waals surface area contributed by atoms with Crippen molar-refractivity contribution >= 4 is 38.2 Å². The number of hydrogen-bond donors (Lipinski definition) is 2. The van der Waals surface area contributed by atoms with Gasteiger partial charge in [0.2, 0.25) is 5.88 Å². The minimum absolute atomic E-state index is 0.000335. The number of nitrogens with one attached hydrogen (secondary N) is 1. The molecular weight excluding hydrogens is 334 g/mol. The Kier molecular flexibility index (Phi) is 3.62. The monoisotopic (exact) mass is 345 g/mol. The Morgan fingerprint density at radius 2 is 1.86 bits per heavy atom. The quantitative estimate of drug-likeness (QED) is 0.651. The number of H-pyrrole nitrogens is 1. The van der Waals surface area contributed by atoms with Gasteiger partial charge in [-0.25, -0.2) is 0 Å². The van der Waals surface area contributed by atoms with Gasteiger partial charge in [0.1, 0.15) is 5.75 Å². The van der Waals surface area contributed by atoms with E-state index in [4.69, 9.17) is 4.74 Å². The molecule has 3 aromatic rings. The number of hydrogen-bond acceptors (Lipinski definition) is 4. The SMILES string of the molecule is COc1ccc(N=Nc2c(O)[nH]c3ccc(Br)cc23)cc1. The third-order valence-corrected chi connectivity index (χ3v) is 3.55. The molecule has 0 saturated heterocycles. The third-order valence-electron chi connectivity index (χ3n) is 3.05. The van der Waals surface area contributed by atoms with Crippen molar-refractivity contribution in [2.45, 2.75) is 0 Å². The average molecular weight is 346 g/mol. The Labute approximate surface area is 129 Å². The van der Waals surface area contributed by atoms with Gasteiger partial charge in [0.25, 0.3) is 0 Å². The third kappa shape index (κ3) is 2.75. The highest BCUT2D eigenvalue weighted by molar-refractivity contribution is 9.10. The molecular formula is C15H12BrN3O2.